The first-order valence-corrected chi connectivity index (χ1v) is 7.55. The Morgan fingerprint density at radius 3 is 2.83 bits per heavy atom. The van der Waals surface area contributed by atoms with Gasteiger partial charge in [0.05, 0.1) is 22.9 Å². The second kappa shape index (κ2) is 6.92. The van der Waals surface area contributed by atoms with Crippen molar-refractivity contribution in [1.82, 2.24) is 9.55 Å². The van der Waals surface area contributed by atoms with Gasteiger partial charge < -0.3 is 9.30 Å². The van der Waals surface area contributed by atoms with Crippen LogP contribution in [0.4, 0.5) is 0 Å². The molecule has 1 aromatic heterocycles. The number of rotatable bonds is 5. The molecule has 0 atom stereocenters. The first kappa shape index (κ1) is 15.0. The molecule has 3 aromatic rings. The standard InChI is InChI=1S/C19H18N2O2/c1-2-3-11-23-19(22)16-9-10-18-17(12-16)20-14-21(18)13-15-7-5-4-6-8-15/h2-10,12,14H,11,13H2,1H3/b3-2+. The number of carbonyl (C=O) groups excluding carboxylic acids is 1. The Labute approximate surface area is 135 Å². The Bertz CT molecular complexity index is 835. The van der Waals surface area contributed by atoms with E-state index < -0.39 is 0 Å². The molecule has 23 heavy (non-hydrogen) atoms. The molecular formula is C19H18N2O2. The largest absolute Gasteiger partial charge is 0.458 e. The van der Waals surface area contributed by atoms with Gasteiger partial charge >= 0.3 is 5.97 Å². The molecule has 4 heteroatoms. The summed E-state index contributed by atoms with van der Waals surface area (Å²) in [6, 6.07) is 15.7. The van der Waals surface area contributed by atoms with E-state index in [9.17, 15) is 4.79 Å². The van der Waals surface area contributed by atoms with E-state index >= 15 is 0 Å². The van der Waals surface area contributed by atoms with Crippen molar-refractivity contribution in [3.63, 3.8) is 0 Å². The average Bonchev–Trinajstić information content (AvgIpc) is 2.98. The van der Waals surface area contributed by atoms with E-state index in [1.54, 1.807) is 24.5 Å². The van der Waals surface area contributed by atoms with Crippen molar-refractivity contribution in [1.29, 1.82) is 0 Å². The number of imidazole rings is 1. The molecular weight excluding hydrogens is 288 g/mol. The molecule has 116 valence electrons. The number of ether oxygens (including phenoxy) is 1. The highest BCUT2D eigenvalue weighted by Crippen LogP contribution is 2.17. The summed E-state index contributed by atoms with van der Waals surface area (Å²) in [7, 11) is 0. The molecule has 0 saturated heterocycles. The van der Waals surface area contributed by atoms with Gasteiger partial charge in [0.2, 0.25) is 0 Å². The lowest BCUT2D eigenvalue weighted by molar-refractivity contribution is 0.0549. The molecule has 0 fully saturated rings. The van der Waals surface area contributed by atoms with E-state index in [4.69, 9.17) is 4.74 Å². The number of allylic oxidation sites excluding steroid dienone is 1. The van der Waals surface area contributed by atoms with Crippen LogP contribution in [-0.4, -0.2) is 22.1 Å². The summed E-state index contributed by atoms with van der Waals surface area (Å²) in [6.45, 7) is 2.93. The quantitative estimate of drug-likeness (QED) is 0.532. The van der Waals surface area contributed by atoms with E-state index in [0.717, 1.165) is 17.6 Å². The number of fused-ring (bicyclic) bond motifs is 1. The third-order valence-corrected chi connectivity index (χ3v) is 3.60. The number of hydrogen-bond acceptors (Lipinski definition) is 3. The van der Waals surface area contributed by atoms with Crippen LogP contribution in [0.5, 0.6) is 0 Å². The molecule has 0 saturated carbocycles. The summed E-state index contributed by atoms with van der Waals surface area (Å²) < 4.78 is 7.23. The van der Waals surface area contributed by atoms with Crippen LogP contribution in [0.3, 0.4) is 0 Å². The van der Waals surface area contributed by atoms with E-state index in [1.807, 2.05) is 37.3 Å². The summed E-state index contributed by atoms with van der Waals surface area (Å²) in [5.41, 5.74) is 3.52. The predicted molar refractivity (Wildman–Crippen MR) is 90.4 cm³/mol. The van der Waals surface area contributed by atoms with Crippen LogP contribution in [0.15, 0.2) is 67.0 Å². The molecule has 1 heterocycles. The fraction of sp³-hybridized carbons (Fsp3) is 0.158. The summed E-state index contributed by atoms with van der Waals surface area (Å²) in [4.78, 5) is 16.4. The highest BCUT2D eigenvalue weighted by molar-refractivity contribution is 5.93. The first-order valence-electron chi connectivity index (χ1n) is 7.55. The van der Waals surface area contributed by atoms with Gasteiger partial charge in [-0.25, -0.2) is 9.78 Å². The monoisotopic (exact) mass is 306 g/mol. The van der Waals surface area contributed by atoms with Crippen molar-refractivity contribution in [2.24, 2.45) is 0 Å². The Kier molecular flexibility index (Phi) is 4.52. The van der Waals surface area contributed by atoms with Crippen LogP contribution in [0.1, 0.15) is 22.8 Å². The topological polar surface area (TPSA) is 44.1 Å². The highest BCUT2D eigenvalue weighted by atomic mass is 16.5. The van der Waals surface area contributed by atoms with Crippen LogP contribution in [-0.2, 0) is 11.3 Å². The van der Waals surface area contributed by atoms with Gasteiger partial charge in [-0.3, -0.25) is 0 Å². The third kappa shape index (κ3) is 3.48. The molecule has 0 aliphatic heterocycles. The lowest BCUT2D eigenvalue weighted by Gasteiger charge is -2.05. The highest BCUT2D eigenvalue weighted by Gasteiger charge is 2.10. The van der Waals surface area contributed by atoms with Crippen molar-refractivity contribution in [3.05, 3.63) is 78.1 Å². The molecule has 0 aliphatic rings. The van der Waals surface area contributed by atoms with Crippen LogP contribution in [0.25, 0.3) is 11.0 Å². The Morgan fingerprint density at radius 1 is 1.22 bits per heavy atom. The zero-order valence-electron chi connectivity index (χ0n) is 13.0. The maximum absolute atomic E-state index is 12.0. The predicted octanol–water partition coefficient (Wildman–Crippen LogP) is 3.82. The number of esters is 1. The molecule has 0 N–H and O–H groups in total. The maximum Gasteiger partial charge on any atom is 0.338 e. The van der Waals surface area contributed by atoms with Crippen molar-refractivity contribution in [2.75, 3.05) is 6.61 Å². The van der Waals surface area contributed by atoms with E-state index in [0.29, 0.717) is 5.56 Å². The smallest absolute Gasteiger partial charge is 0.338 e. The summed E-state index contributed by atoms with van der Waals surface area (Å²) >= 11 is 0. The Morgan fingerprint density at radius 2 is 2.04 bits per heavy atom. The van der Waals surface area contributed by atoms with E-state index in [-0.39, 0.29) is 12.6 Å². The maximum atomic E-state index is 12.0. The normalized spacial score (nSPS) is 11.2. The van der Waals surface area contributed by atoms with Gasteiger partial charge in [-0.05, 0) is 30.7 Å². The number of nitrogens with zero attached hydrogens (tertiary/aromatic N) is 2. The van der Waals surface area contributed by atoms with Gasteiger partial charge in [0.1, 0.15) is 6.61 Å². The van der Waals surface area contributed by atoms with Crippen molar-refractivity contribution < 1.29 is 9.53 Å². The first-order chi connectivity index (χ1) is 11.3. The van der Waals surface area contributed by atoms with Crippen LogP contribution in [0, 0.1) is 0 Å². The molecule has 3 rings (SSSR count). The van der Waals surface area contributed by atoms with Gasteiger partial charge in [-0.2, -0.15) is 0 Å². The zero-order chi connectivity index (χ0) is 16.1. The number of aromatic nitrogens is 2. The molecule has 0 bridgehead atoms. The number of carbonyl (C=O) groups is 1. The number of benzene rings is 2. The van der Waals surface area contributed by atoms with Crippen molar-refractivity contribution in [3.8, 4) is 0 Å². The minimum absolute atomic E-state index is 0.288. The Hall–Kier alpha value is -2.88. The molecule has 0 unspecified atom stereocenters. The van der Waals surface area contributed by atoms with Crippen LogP contribution in [0.2, 0.25) is 0 Å². The second-order valence-electron chi connectivity index (χ2n) is 5.23. The lowest BCUT2D eigenvalue weighted by Crippen LogP contribution is -2.05. The minimum Gasteiger partial charge on any atom is -0.458 e. The zero-order valence-corrected chi connectivity index (χ0v) is 13.0. The molecule has 0 spiro atoms. The fourth-order valence-electron chi connectivity index (χ4n) is 2.40. The van der Waals surface area contributed by atoms with Crippen LogP contribution >= 0.6 is 0 Å². The summed E-state index contributed by atoms with van der Waals surface area (Å²) in [6.07, 6.45) is 5.44. The molecule has 2 aromatic carbocycles. The van der Waals surface area contributed by atoms with E-state index in [1.165, 1.54) is 5.56 Å². The third-order valence-electron chi connectivity index (χ3n) is 3.60. The fourth-order valence-corrected chi connectivity index (χ4v) is 2.40. The summed E-state index contributed by atoms with van der Waals surface area (Å²) in [5.74, 6) is -0.331. The van der Waals surface area contributed by atoms with Gasteiger partial charge in [0.15, 0.2) is 0 Å². The van der Waals surface area contributed by atoms with Gasteiger partial charge in [0.25, 0.3) is 0 Å². The molecule has 0 aliphatic carbocycles. The van der Waals surface area contributed by atoms with Gasteiger partial charge in [-0.1, -0.05) is 42.5 Å². The lowest BCUT2D eigenvalue weighted by atomic mass is 10.2. The molecule has 0 radical (unpaired) electrons. The van der Waals surface area contributed by atoms with Crippen molar-refractivity contribution in [2.45, 2.75) is 13.5 Å². The molecule has 0 amide bonds. The van der Waals surface area contributed by atoms with Gasteiger partial charge in [0, 0.05) is 6.54 Å². The van der Waals surface area contributed by atoms with Crippen molar-refractivity contribution >= 4 is 17.0 Å². The molecule has 4 nitrogen and oxygen atoms in total. The minimum atomic E-state index is -0.331. The SMILES string of the molecule is C/C=C/COC(=O)c1ccc2c(c1)ncn2Cc1ccccc1. The average molecular weight is 306 g/mol. The number of hydrogen-bond donors (Lipinski definition) is 0. The van der Waals surface area contributed by atoms with Crippen LogP contribution < -0.4 is 0 Å². The second-order valence-corrected chi connectivity index (χ2v) is 5.23. The summed E-state index contributed by atoms with van der Waals surface area (Å²) in [5, 5.41) is 0. The van der Waals surface area contributed by atoms with Gasteiger partial charge in [-0.15, -0.1) is 0 Å². The Balaban J connectivity index is 1.81. The van der Waals surface area contributed by atoms with E-state index in [2.05, 4.69) is 21.7 Å².